The number of urea groups is 1. The van der Waals surface area contributed by atoms with Crippen molar-refractivity contribution in [2.45, 2.75) is 69.8 Å². The average molecular weight is 769 g/mol. The first-order valence-electron chi connectivity index (χ1n) is 17.1. The number of anilines is 2. The van der Waals surface area contributed by atoms with Gasteiger partial charge >= 0.3 is 12.2 Å². The highest BCUT2D eigenvalue weighted by Gasteiger charge is 2.38. The first-order chi connectivity index (χ1) is 23.4. The van der Waals surface area contributed by atoms with E-state index in [9.17, 15) is 27.6 Å². The third-order valence-corrected chi connectivity index (χ3v) is 12.1. The molecule has 1 aromatic heterocycles. The lowest BCUT2D eigenvalue weighted by Gasteiger charge is -2.41. The maximum atomic E-state index is 14.1. The Kier molecular flexibility index (Phi) is 11.1. The van der Waals surface area contributed by atoms with E-state index in [1.807, 2.05) is 15.7 Å². The topological polar surface area (TPSA) is 105 Å². The fourth-order valence-electron chi connectivity index (χ4n) is 7.76. The Hall–Kier alpha value is -2.88. The molecule has 4 aliphatic rings. The summed E-state index contributed by atoms with van der Waals surface area (Å²) >= 11 is 4.72. The largest absolute Gasteiger partial charge is 0.418 e. The van der Waals surface area contributed by atoms with Gasteiger partial charge in [-0.15, -0.1) is 11.3 Å². The predicted molar refractivity (Wildman–Crippen MR) is 187 cm³/mol. The molecule has 3 saturated heterocycles. The van der Waals surface area contributed by atoms with Gasteiger partial charge in [0.1, 0.15) is 0 Å². The molecule has 15 heteroatoms. The molecule has 3 fully saturated rings. The van der Waals surface area contributed by atoms with Gasteiger partial charge in [0.25, 0.3) is 0 Å². The lowest BCUT2D eigenvalue weighted by Crippen LogP contribution is -2.52. The molecule has 1 atom stereocenters. The van der Waals surface area contributed by atoms with Crippen LogP contribution in [0.15, 0.2) is 27.4 Å². The van der Waals surface area contributed by atoms with Crippen molar-refractivity contribution in [2.75, 3.05) is 70.5 Å². The molecule has 268 valence electrons. The Bertz CT molecular complexity index is 1520. The number of carbonyl (C=O) groups excluding carboxylic acids is 3. The van der Waals surface area contributed by atoms with Crippen LogP contribution < -0.4 is 11.1 Å². The van der Waals surface area contributed by atoms with Crippen molar-refractivity contribution in [1.29, 1.82) is 0 Å². The van der Waals surface area contributed by atoms with Crippen LogP contribution in [0, 0.1) is 5.92 Å². The Balaban J connectivity index is 1.13. The zero-order valence-corrected chi connectivity index (χ0v) is 30.2. The second-order valence-electron chi connectivity index (χ2n) is 13.9. The Morgan fingerprint density at radius 1 is 0.980 bits per heavy atom. The number of rotatable bonds is 7. The number of fused-ring (bicyclic) bond motifs is 1. The minimum Gasteiger partial charge on any atom is -0.397 e. The number of hydrogen-bond donors (Lipinski definition) is 2. The van der Waals surface area contributed by atoms with Crippen LogP contribution in [0.1, 0.15) is 55.2 Å². The van der Waals surface area contributed by atoms with Gasteiger partial charge in [0.2, 0.25) is 11.8 Å². The summed E-state index contributed by atoms with van der Waals surface area (Å²) in [5.74, 6) is -1.22. The summed E-state index contributed by atoms with van der Waals surface area (Å²) in [7, 11) is 2.14. The van der Waals surface area contributed by atoms with Gasteiger partial charge in [0, 0.05) is 73.2 Å². The van der Waals surface area contributed by atoms with E-state index in [4.69, 9.17) is 5.73 Å². The molecule has 5 heterocycles. The van der Waals surface area contributed by atoms with Crippen LogP contribution in [0.4, 0.5) is 29.3 Å². The van der Waals surface area contributed by atoms with Crippen LogP contribution >= 0.6 is 27.3 Å². The van der Waals surface area contributed by atoms with Crippen molar-refractivity contribution in [2.24, 2.45) is 5.92 Å². The van der Waals surface area contributed by atoms with Gasteiger partial charge in [0.15, 0.2) is 0 Å². The van der Waals surface area contributed by atoms with Crippen molar-refractivity contribution in [3.8, 4) is 0 Å². The minimum atomic E-state index is -4.66. The fourth-order valence-corrected chi connectivity index (χ4v) is 9.05. The highest BCUT2D eigenvalue weighted by atomic mass is 79.9. The first-order valence-corrected chi connectivity index (χ1v) is 18.9. The molecule has 3 N–H and O–H groups in total. The summed E-state index contributed by atoms with van der Waals surface area (Å²) in [6.07, 6.45) is -0.810. The maximum absolute atomic E-state index is 14.1. The number of nitrogen functional groups attached to an aromatic ring is 1. The van der Waals surface area contributed by atoms with E-state index in [0.29, 0.717) is 57.2 Å². The zero-order chi connectivity index (χ0) is 34.9. The second-order valence-corrected chi connectivity index (χ2v) is 15.5. The molecule has 4 aliphatic heterocycles. The second kappa shape index (κ2) is 15.2. The summed E-state index contributed by atoms with van der Waals surface area (Å²) in [4.78, 5) is 50.9. The number of benzene rings is 1. The van der Waals surface area contributed by atoms with E-state index in [1.54, 1.807) is 21.1 Å². The molecule has 6 rings (SSSR count). The summed E-state index contributed by atoms with van der Waals surface area (Å²) in [6.45, 7) is 6.61. The number of likely N-dealkylation sites (tertiary alicyclic amines) is 2. The number of halogens is 4. The number of piperidine rings is 2. The van der Waals surface area contributed by atoms with Gasteiger partial charge in [0.05, 0.1) is 29.4 Å². The van der Waals surface area contributed by atoms with Crippen LogP contribution in [0.3, 0.4) is 0 Å². The molecule has 10 nitrogen and oxygen atoms in total. The van der Waals surface area contributed by atoms with Crippen LogP contribution in [0.5, 0.6) is 0 Å². The zero-order valence-electron chi connectivity index (χ0n) is 27.8. The summed E-state index contributed by atoms with van der Waals surface area (Å²) in [5, 5.41) is 6.91. The maximum Gasteiger partial charge on any atom is 0.418 e. The number of likely N-dealkylation sites (N-methyl/N-ethyl adjacent to an activating group) is 1. The van der Waals surface area contributed by atoms with Crippen molar-refractivity contribution in [3.63, 3.8) is 0 Å². The molecule has 0 aliphatic carbocycles. The SMILES string of the molecule is CN1CCCN(C2CCN(C(=O)[C@H](CC(=O)N3CCC(N4Cc5cscc5NC4=O)CC3)Cc3cc(Br)c(N)c(C(F)(F)F)c3)CC2)CC1. The van der Waals surface area contributed by atoms with Gasteiger partial charge in [-0.05, 0) is 97.7 Å². The van der Waals surface area contributed by atoms with Gasteiger partial charge in [-0.2, -0.15) is 13.2 Å². The van der Waals surface area contributed by atoms with E-state index < -0.39 is 23.3 Å². The van der Waals surface area contributed by atoms with Crippen LogP contribution in [-0.2, 0) is 28.7 Å². The molecule has 49 heavy (non-hydrogen) atoms. The normalized spacial score (nSPS) is 21.3. The minimum absolute atomic E-state index is 0.0156. The smallest absolute Gasteiger partial charge is 0.397 e. The molecule has 0 unspecified atom stereocenters. The Morgan fingerprint density at radius 2 is 1.67 bits per heavy atom. The lowest BCUT2D eigenvalue weighted by molar-refractivity contribution is -0.143. The van der Waals surface area contributed by atoms with Gasteiger partial charge in [-0.25, -0.2) is 4.79 Å². The van der Waals surface area contributed by atoms with Crippen LogP contribution in [0.2, 0.25) is 0 Å². The summed E-state index contributed by atoms with van der Waals surface area (Å²) < 4.78 is 41.7. The highest BCUT2D eigenvalue weighted by Crippen LogP contribution is 2.39. The Labute approximate surface area is 297 Å². The molecule has 0 radical (unpaired) electrons. The first kappa shape index (κ1) is 35.9. The number of nitrogens with one attached hydrogen (secondary N) is 1. The third kappa shape index (κ3) is 8.37. The number of nitrogens with two attached hydrogens (primary N) is 1. The average Bonchev–Trinajstić information content (AvgIpc) is 3.42. The molecule has 2 aromatic rings. The van der Waals surface area contributed by atoms with Crippen molar-refractivity contribution >= 4 is 56.5 Å². The molecule has 0 bridgehead atoms. The third-order valence-electron chi connectivity index (χ3n) is 10.6. The Morgan fingerprint density at radius 3 is 2.39 bits per heavy atom. The molecule has 0 spiro atoms. The monoisotopic (exact) mass is 767 g/mol. The quantitative estimate of drug-likeness (QED) is 0.370. The van der Waals surface area contributed by atoms with Gasteiger partial charge in [-0.1, -0.05) is 0 Å². The van der Waals surface area contributed by atoms with Gasteiger partial charge in [-0.3, -0.25) is 14.5 Å². The molecule has 0 saturated carbocycles. The fraction of sp³-hybridized carbons (Fsp3) is 0.618. The highest BCUT2D eigenvalue weighted by molar-refractivity contribution is 9.10. The molecular formula is C34H45BrF3N7O3S. The van der Waals surface area contributed by atoms with E-state index >= 15 is 0 Å². The number of nitrogens with zero attached hydrogens (tertiary/aromatic N) is 5. The van der Waals surface area contributed by atoms with Crippen molar-refractivity contribution in [1.82, 2.24) is 24.5 Å². The van der Waals surface area contributed by atoms with Crippen molar-refractivity contribution in [3.05, 3.63) is 44.1 Å². The van der Waals surface area contributed by atoms with E-state index in [2.05, 4.69) is 38.1 Å². The standard InChI is InChI=1S/C34H45BrF3N7O3S/c1-41-7-2-8-42(14-13-41)25-3-11-44(12-4-25)32(47)23(15-22-16-27(34(36,37)38)31(39)28(35)17-22)18-30(46)43-9-5-26(6-10-43)45-19-24-20-49-21-29(24)40-33(45)48/h16-17,20-21,23,25-26H,2-15,18-19,39H2,1H3,(H,40,48)/t23-/m0/s1. The summed E-state index contributed by atoms with van der Waals surface area (Å²) in [6, 6.07) is 2.75. The number of carbonyl (C=O) groups is 3. The number of hydrogen-bond acceptors (Lipinski definition) is 7. The molecular weight excluding hydrogens is 723 g/mol. The molecule has 1 aromatic carbocycles. The van der Waals surface area contributed by atoms with Gasteiger partial charge < -0.3 is 30.7 Å². The number of alkyl halides is 3. The van der Waals surface area contributed by atoms with Crippen LogP contribution in [-0.4, -0.2) is 114 Å². The van der Waals surface area contributed by atoms with Crippen molar-refractivity contribution < 1.29 is 27.6 Å². The van der Waals surface area contributed by atoms with E-state index in [1.165, 1.54) is 6.07 Å². The number of amides is 4. The van der Waals surface area contributed by atoms with Crippen LogP contribution in [0.25, 0.3) is 0 Å². The summed E-state index contributed by atoms with van der Waals surface area (Å²) in [5.41, 5.74) is 6.63. The molecule has 4 amide bonds. The van der Waals surface area contributed by atoms with E-state index in [0.717, 1.165) is 62.8 Å². The van der Waals surface area contributed by atoms with E-state index in [-0.39, 0.29) is 41.2 Å². The lowest BCUT2D eigenvalue weighted by atomic mass is 9.91. The number of thiophene rings is 1. The predicted octanol–water partition coefficient (Wildman–Crippen LogP) is 5.33.